The number of fused-ring (bicyclic) bond motifs is 1. The van der Waals surface area contributed by atoms with Gasteiger partial charge in [0.2, 0.25) is 5.91 Å². The zero-order valence-corrected chi connectivity index (χ0v) is 15.0. The molecule has 0 aromatic carbocycles. The van der Waals surface area contributed by atoms with E-state index in [4.69, 9.17) is 4.98 Å². The Hall–Kier alpha value is -2.30. The molecular formula is C19H26N4O. The van der Waals surface area contributed by atoms with E-state index in [2.05, 4.69) is 36.4 Å². The monoisotopic (exact) mass is 326 g/mol. The van der Waals surface area contributed by atoms with E-state index >= 15 is 0 Å². The van der Waals surface area contributed by atoms with Crippen LogP contribution in [0.1, 0.15) is 32.4 Å². The molecule has 5 nitrogen and oxygen atoms in total. The lowest BCUT2D eigenvalue weighted by molar-refractivity contribution is -0.129. The number of aromatic nitrogens is 2. The van der Waals surface area contributed by atoms with Crippen molar-refractivity contribution >= 4 is 17.2 Å². The lowest BCUT2D eigenvalue weighted by Crippen LogP contribution is -2.47. The minimum atomic E-state index is -0.146. The van der Waals surface area contributed by atoms with E-state index in [1.54, 1.807) is 6.92 Å². The Morgan fingerprint density at radius 1 is 1.42 bits per heavy atom. The van der Waals surface area contributed by atoms with Crippen molar-refractivity contribution in [2.24, 2.45) is 0 Å². The van der Waals surface area contributed by atoms with Gasteiger partial charge in [-0.25, -0.2) is 4.98 Å². The molecule has 0 radical (unpaired) electrons. The van der Waals surface area contributed by atoms with Gasteiger partial charge in [-0.1, -0.05) is 13.5 Å². The topological polar surface area (TPSA) is 40.9 Å². The lowest BCUT2D eigenvalue weighted by atomic mass is 9.79. The van der Waals surface area contributed by atoms with E-state index in [1.165, 1.54) is 0 Å². The maximum atomic E-state index is 12.4. The van der Waals surface area contributed by atoms with Crippen molar-refractivity contribution in [1.82, 2.24) is 14.3 Å². The van der Waals surface area contributed by atoms with Crippen LogP contribution in [0.25, 0.3) is 5.52 Å². The maximum absolute atomic E-state index is 12.4. The molecule has 5 heteroatoms. The summed E-state index contributed by atoms with van der Waals surface area (Å²) >= 11 is 0. The Kier molecular flexibility index (Phi) is 4.11. The van der Waals surface area contributed by atoms with Crippen molar-refractivity contribution in [3.8, 4) is 0 Å². The summed E-state index contributed by atoms with van der Waals surface area (Å²) in [7, 11) is 4.03. The van der Waals surface area contributed by atoms with Gasteiger partial charge < -0.3 is 14.2 Å². The molecule has 128 valence electrons. The van der Waals surface area contributed by atoms with Crippen LogP contribution >= 0.6 is 0 Å². The highest BCUT2D eigenvalue weighted by Gasteiger charge is 2.36. The molecule has 0 spiro atoms. The molecule has 1 aliphatic rings. The molecule has 0 aliphatic carbocycles. The second-order valence-corrected chi connectivity index (χ2v) is 7.32. The van der Waals surface area contributed by atoms with E-state index in [1.807, 2.05) is 30.0 Å². The van der Waals surface area contributed by atoms with Gasteiger partial charge in [-0.15, -0.1) is 0 Å². The average molecular weight is 326 g/mol. The fraction of sp³-hybridized carbons (Fsp3) is 0.474. The Labute approximate surface area is 143 Å². The summed E-state index contributed by atoms with van der Waals surface area (Å²) < 4.78 is 2.13. The molecule has 2 aromatic heterocycles. The summed E-state index contributed by atoms with van der Waals surface area (Å²) in [6.07, 6.45) is 6.17. The summed E-state index contributed by atoms with van der Waals surface area (Å²) in [5.41, 5.74) is 2.58. The van der Waals surface area contributed by atoms with Gasteiger partial charge in [0.15, 0.2) is 5.82 Å². The molecule has 1 unspecified atom stereocenters. The number of rotatable bonds is 3. The first kappa shape index (κ1) is 16.6. The molecule has 1 atom stereocenters. The third kappa shape index (κ3) is 2.79. The SMILES string of the molecule is C=C(C)C(=O)N1CCCC(C)(c2cn3cccc3c(N(C)C)n2)C1. The second kappa shape index (κ2) is 5.96. The predicted molar refractivity (Wildman–Crippen MR) is 97.5 cm³/mol. The number of anilines is 1. The molecule has 24 heavy (non-hydrogen) atoms. The lowest BCUT2D eigenvalue weighted by Gasteiger charge is -2.40. The van der Waals surface area contributed by atoms with Crippen LogP contribution < -0.4 is 4.90 Å². The van der Waals surface area contributed by atoms with Gasteiger partial charge in [-0.2, -0.15) is 0 Å². The fourth-order valence-electron chi connectivity index (χ4n) is 3.54. The van der Waals surface area contributed by atoms with Gasteiger partial charge >= 0.3 is 0 Å². The van der Waals surface area contributed by atoms with Crippen LogP contribution in [0, 0.1) is 0 Å². The highest BCUT2D eigenvalue weighted by atomic mass is 16.2. The van der Waals surface area contributed by atoms with Gasteiger partial charge in [0, 0.05) is 50.6 Å². The quantitative estimate of drug-likeness (QED) is 0.815. The molecule has 3 heterocycles. The van der Waals surface area contributed by atoms with E-state index in [0.717, 1.165) is 36.4 Å². The Balaban J connectivity index is 2.02. The Morgan fingerprint density at radius 3 is 2.83 bits per heavy atom. The summed E-state index contributed by atoms with van der Waals surface area (Å²) in [5, 5.41) is 0. The Bertz CT molecular complexity index is 792. The number of hydrogen-bond donors (Lipinski definition) is 0. The van der Waals surface area contributed by atoms with Gasteiger partial charge in [-0.3, -0.25) is 4.79 Å². The van der Waals surface area contributed by atoms with Crippen LogP contribution in [-0.2, 0) is 10.2 Å². The number of hydrogen-bond acceptors (Lipinski definition) is 3. The molecular weight excluding hydrogens is 300 g/mol. The van der Waals surface area contributed by atoms with Crippen molar-refractivity contribution in [3.05, 3.63) is 42.4 Å². The van der Waals surface area contributed by atoms with Crippen LogP contribution in [0.4, 0.5) is 5.82 Å². The molecule has 1 amide bonds. The normalized spacial score (nSPS) is 21.1. The van der Waals surface area contributed by atoms with Crippen LogP contribution in [0.2, 0.25) is 0 Å². The van der Waals surface area contributed by atoms with Crippen molar-refractivity contribution in [2.75, 3.05) is 32.1 Å². The third-order valence-corrected chi connectivity index (χ3v) is 4.89. The van der Waals surface area contributed by atoms with E-state index in [0.29, 0.717) is 12.1 Å². The standard InChI is InChI=1S/C19H26N4O/c1-14(2)18(24)23-11-7-9-19(3,13-23)16-12-22-10-6-8-15(22)17(20-16)21(4)5/h6,8,10,12H,1,7,9,11,13H2,2-5H3. The predicted octanol–water partition coefficient (Wildman–Crippen LogP) is 2.86. The number of piperidine rings is 1. The number of likely N-dealkylation sites (tertiary alicyclic amines) is 1. The summed E-state index contributed by atoms with van der Waals surface area (Å²) in [6.45, 7) is 9.28. The summed E-state index contributed by atoms with van der Waals surface area (Å²) in [6, 6.07) is 4.11. The maximum Gasteiger partial charge on any atom is 0.248 e. The number of carbonyl (C=O) groups is 1. The zero-order valence-electron chi connectivity index (χ0n) is 15.0. The van der Waals surface area contributed by atoms with E-state index < -0.39 is 0 Å². The highest BCUT2D eigenvalue weighted by Crippen LogP contribution is 2.34. The fourth-order valence-corrected chi connectivity index (χ4v) is 3.54. The Morgan fingerprint density at radius 2 is 2.17 bits per heavy atom. The van der Waals surface area contributed by atoms with Crippen molar-refractivity contribution in [2.45, 2.75) is 32.1 Å². The molecule has 1 fully saturated rings. The molecule has 0 saturated carbocycles. The third-order valence-electron chi connectivity index (χ3n) is 4.89. The molecule has 3 rings (SSSR count). The molecule has 1 aliphatic heterocycles. The van der Waals surface area contributed by atoms with Crippen LogP contribution in [0.15, 0.2) is 36.7 Å². The summed E-state index contributed by atoms with van der Waals surface area (Å²) in [5.74, 6) is 1.01. The first-order valence-electron chi connectivity index (χ1n) is 8.42. The minimum Gasteiger partial charge on any atom is -0.361 e. The van der Waals surface area contributed by atoms with Gasteiger partial charge in [0.05, 0.1) is 11.2 Å². The molecule has 0 bridgehead atoms. The largest absolute Gasteiger partial charge is 0.361 e. The van der Waals surface area contributed by atoms with E-state index in [-0.39, 0.29) is 11.3 Å². The molecule has 1 saturated heterocycles. The van der Waals surface area contributed by atoms with Gasteiger partial charge in [-0.05, 0) is 31.9 Å². The number of amides is 1. The average Bonchev–Trinajstić information content (AvgIpc) is 3.01. The van der Waals surface area contributed by atoms with Crippen LogP contribution in [-0.4, -0.2) is 47.4 Å². The second-order valence-electron chi connectivity index (χ2n) is 7.32. The number of nitrogens with zero attached hydrogens (tertiary/aromatic N) is 4. The van der Waals surface area contributed by atoms with Gasteiger partial charge in [0.25, 0.3) is 0 Å². The van der Waals surface area contributed by atoms with Crippen LogP contribution in [0.5, 0.6) is 0 Å². The minimum absolute atomic E-state index is 0.0517. The molecule has 2 aromatic rings. The highest BCUT2D eigenvalue weighted by molar-refractivity contribution is 5.92. The smallest absolute Gasteiger partial charge is 0.248 e. The van der Waals surface area contributed by atoms with Gasteiger partial charge in [0.1, 0.15) is 0 Å². The van der Waals surface area contributed by atoms with E-state index in [9.17, 15) is 4.79 Å². The number of carbonyl (C=O) groups excluding carboxylic acids is 1. The van der Waals surface area contributed by atoms with Crippen molar-refractivity contribution in [3.63, 3.8) is 0 Å². The first-order chi connectivity index (χ1) is 11.3. The van der Waals surface area contributed by atoms with Crippen LogP contribution in [0.3, 0.4) is 0 Å². The van der Waals surface area contributed by atoms with Crippen molar-refractivity contribution in [1.29, 1.82) is 0 Å². The summed E-state index contributed by atoms with van der Waals surface area (Å²) in [4.78, 5) is 21.3. The zero-order chi connectivity index (χ0) is 17.5. The molecule has 0 N–H and O–H groups in total. The first-order valence-corrected chi connectivity index (χ1v) is 8.42. The van der Waals surface area contributed by atoms with Crippen molar-refractivity contribution < 1.29 is 4.79 Å².